The minimum absolute atomic E-state index is 0.0427. The lowest BCUT2D eigenvalue weighted by molar-refractivity contribution is -0.250. The van der Waals surface area contributed by atoms with Gasteiger partial charge in [0.25, 0.3) is 0 Å². The molecule has 2 aliphatic heterocycles. The molecule has 0 radical (unpaired) electrons. The fraction of sp³-hybridized carbons (Fsp3) is 1.00. The van der Waals surface area contributed by atoms with Crippen molar-refractivity contribution in [3.8, 4) is 0 Å². The van der Waals surface area contributed by atoms with Gasteiger partial charge in [-0.25, -0.2) is 4.67 Å². The Morgan fingerprint density at radius 3 is 2.37 bits per heavy atom. The van der Waals surface area contributed by atoms with E-state index in [2.05, 4.69) is 4.67 Å². The molecule has 6 nitrogen and oxygen atoms in total. The number of rotatable bonds is 4. The zero-order valence-electron chi connectivity index (χ0n) is 11.9. The van der Waals surface area contributed by atoms with E-state index in [4.69, 9.17) is 35.3 Å². The van der Waals surface area contributed by atoms with Gasteiger partial charge in [0, 0.05) is 28.0 Å². The summed E-state index contributed by atoms with van der Waals surface area (Å²) in [6, 6.07) is -0.0427. The Hall–Kier alpha value is 0.410. The molecule has 0 bridgehead atoms. The second-order valence-corrected chi connectivity index (χ2v) is 9.35. The van der Waals surface area contributed by atoms with Crippen LogP contribution >= 0.6 is 6.42 Å². The first-order chi connectivity index (χ1) is 8.96. The number of hydrogen-bond donors (Lipinski definition) is 0. The van der Waals surface area contributed by atoms with Crippen LogP contribution in [-0.2, 0) is 35.3 Å². The summed E-state index contributed by atoms with van der Waals surface area (Å²) in [5.41, 5.74) is 0. The largest absolute Gasteiger partial charge is 0.382 e. The van der Waals surface area contributed by atoms with Gasteiger partial charge in [-0.2, -0.15) is 0 Å². The van der Waals surface area contributed by atoms with E-state index >= 15 is 0 Å². The quantitative estimate of drug-likeness (QED) is 0.707. The van der Waals surface area contributed by atoms with E-state index in [1.54, 1.807) is 21.3 Å². The molecule has 0 amide bonds. The summed E-state index contributed by atoms with van der Waals surface area (Å²) in [6.45, 7) is 2.38. The van der Waals surface area contributed by atoms with Crippen molar-refractivity contribution in [3.05, 3.63) is 0 Å². The first kappa shape index (κ1) is 15.8. The second kappa shape index (κ2) is 6.03. The van der Waals surface area contributed by atoms with Crippen LogP contribution in [0.4, 0.5) is 0 Å². The first-order valence-corrected chi connectivity index (χ1v) is 9.27. The van der Waals surface area contributed by atoms with Gasteiger partial charge < -0.3 is 23.5 Å². The van der Waals surface area contributed by atoms with Gasteiger partial charge in [-0.05, 0) is 7.05 Å². The molecule has 0 saturated carbocycles. The summed E-state index contributed by atoms with van der Waals surface area (Å²) in [5, 5.41) is 0. The molecule has 0 spiro atoms. The van der Waals surface area contributed by atoms with Crippen LogP contribution in [0.5, 0.6) is 0 Å². The maximum atomic E-state index is 5.96. The monoisotopic (exact) mass is 311 g/mol. The zero-order chi connectivity index (χ0) is 14.2. The Labute approximate surface area is 119 Å². The number of nitrogens with zero attached hydrogens (tertiary/aromatic N) is 1. The maximum absolute atomic E-state index is 5.96. The van der Waals surface area contributed by atoms with Crippen molar-refractivity contribution in [1.82, 2.24) is 4.67 Å². The number of methoxy groups -OCH3 is 3. The molecule has 2 aliphatic rings. The Morgan fingerprint density at radius 1 is 1.21 bits per heavy atom. The highest BCUT2D eigenvalue weighted by Gasteiger charge is 2.55. The lowest BCUT2D eigenvalue weighted by atomic mass is 9.97. The average molecular weight is 311 g/mol. The van der Waals surface area contributed by atoms with Crippen molar-refractivity contribution in [3.63, 3.8) is 0 Å². The lowest BCUT2D eigenvalue weighted by Gasteiger charge is -2.43. The molecule has 8 heteroatoms. The molecule has 0 aromatic rings. The standard InChI is InChI=1S/C11H22NO5PS/c1-12-8-10(15-4)9(14-3)7(6-13-2)16-11(8)17-18(12,5)19/h7-11H,6H2,1-5H3/t7-,8-,9-,10-,11-,18+/m1/s1. The van der Waals surface area contributed by atoms with Gasteiger partial charge in [-0.1, -0.05) is 11.8 Å². The van der Waals surface area contributed by atoms with Crippen LogP contribution in [0.25, 0.3) is 0 Å². The molecule has 0 N–H and O–H groups in total. The molecule has 0 aromatic heterocycles. The third-order valence-electron chi connectivity index (χ3n) is 3.79. The third-order valence-corrected chi connectivity index (χ3v) is 6.84. The minimum Gasteiger partial charge on any atom is -0.382 e. The molecule has 2 heterocycles. The Morgan fingerprint density at radius 2 is 1.84 bits per heavy atom. The molecule has 19 heavy (non-hydrogen) atoms. The van der Waals surface area contributed by atoms with Gasteiger partial charge in [0.15, 0.2) is 6.29 Å². The normalized spacial score (nSPS) is 47.3. The van der Waals surface area contributed by atoms with E-state index in [0.717, 1.165) is 0 Å². The number of ether oxygens (including phenoxy) is 4. The topological polar surface area (TPSA) is 49.4 Å². The minimum atomic E-state index is -2.01. The van der Waals surface area contributed by atoms with E-state index in [0.29, 0.717) is 6.61 Å². The van der Waals surface area contributed by atoms with E-state index in [9.17, 15) is 0 Å². The van der Waals surface area contributed by atoms with E-state index in [-0.39, 0.29) is 30.6 Å². The number of likely N-dealkylation sites (N-methyl/N-ethyl adjacent to an activating group) is 1. The van der Waals surface area contributed by atoms with Crippen LogP contribution in [0.3, 0.4) is 0 Å². The van der Waals surface area contributed by atoms with Gasteiger partial charge in [0.2, 0.25) is 0 Å². The van der Waals surface area contributed by atoms with E-state index < -0.39 is 6.42 Å². The predicted molar refractivity (Wildman–Crippen MR) is 75.0 cm³/mol. The third kappa shape index (κ3) is 2.76. The Bertz CT molecular complexity index is 371. The van der Waals surface area contributed by atoms with Crippen LogP contribution in [0.15, 0.2) is 0 Å². The van der Waals surface area contributed by atoms with Crippen molar-refractivity contribution in [2.75, 3.05) is 41.6 Å². The summed E-state index contributed by atoms with van der Waals surface area (Å²) >= 11 is 5.53. The van der Waals surface area contributed by atoms with Crippen molar-refractivity contribution in [1.29, 1.82) is 0 Å². The summed E-state index contributed by atoms with van der Waals surface area (Å²) in [6.07, 6.45) is -2.96. The summed E-state index contributed by atoms with van der Waals surface area (Å²) in [7, 11) is 6.93. The molecule has 2 rings (SSSR count). The number of hydrogen-bond acceptors (Lipinski definition) is 6. The molecule has 0 unspecified atom stereocenters. The molecular formula is C11H22NO5PS. The Kier molecular flexibility index (Phi) is 5.02. The first-order valence-electron chi connectivity index (χ1n) is 6.15. The van der Waals surface area contributed by atoms with Crippen molar-refractivity contribution in [2.24, 2.45) is 0 Å². The van der Waals surface area contributed by atoms with Crippen molar-refractivity contribution >= 4 is 18.2 Å². The zero-order valence-corrected chi connectivity index (χ0v) is 13.6. The molecule has 2 saturated heterocycles. The van der Waals surface area contributed by atoms with Gasteiger partial charge >= 0.3 is 0 Å². The summed E-state index contributed by atoms with van der Waals surface area (Å²) < 4.78 is 30.3. The highest BCUT2D eigenvalue weighted by Crippen LogP contribution is 2.57. The van der Waals surface area contributed by atoms with Crippen molar-refractivity contribution in [2.45, 2.75) is 30.6 Å². The summed E-state index contributed by atoms with van der Waals surface area (Å²) in [4.78, 5) is 0. The lowest BCUT2D eigenvalue weighted by Crippen LogP contribution is -2.61. The molecule has 0 aliphatic carbocycles. The summed E-state index contributed by atoms with van der Waals surface area (Å²) in [5.74, 6) is 0. The van der Waals surface area contributed by atoms with Gasteiger partial charge in [-0.15, -0.1) is 0 Å². The van der Waals surface area contributed by atoms with Crippen molar-refractivity contribution < 1.29 is 23.5 Å². The molecule has 2 fully saturated rings. The van der Waals surface area contributed by atoms with Crippen LogP contribution in [-0.4, -0.2) is 77.0 Å². The predicted octanol–water partition coefficient (Wildman–Crippen LogP) is 0.658. The second-order valence-electron chi connectivity index (χ2n) is 4.87. The SMILES string of the molecule is COC[C@H]1O[C@@H]2O[P@@](C)(=S)N(C)[C@@H]2[C@@H](OC)[C@@H]1OC. The maximum Gasteiger partial charge on any atom is 0.182 e. The molecule has 6 atom stereocenters. The average Bonchev–Trinajstić information content (AvgIpc) is 2.58. The smallest absolute Gasteiger partial charge is 0.182 e. The van der Waals surface area contributed by atoms with Gasteiger partial charge in [0.1, 0.15) is 24.7 Å². The van der Waals surface area contributed by atoms with Gasteiger partial charge in [-0.3, -0.25) is 0 Å². The molecule has 0 aromatic carbocycles. The highest BCUT2D eigenvalue weighted by atomic mass is 32.4. The fourth-order valence-electron chi connectivity index (χ4n) is 2.73. The van der Waals surface area contributed by atoms with Crippen LogP contribution < -0.4 is 0 Å². The highest BCUT2D eigenvalue weighted by molar-refractivity contribution is 8.10. The van der Waals surface area contributed by atoms with Crippen LogP contribution in [0, 0.1) is 0 Å². The van der Waals surface area contributed by atoms with Crippen LogP contribution in [0.1, 0.15) is 0 Å². The number of fused-ring (bicyclic) bond motifs is 1. The van der Waals surface area contributed by atoms with Crippen LogP contribution in [0.2, 0.25) is 0 Å². The Balaban J connectivity index is 2.27. The van der Waals surface area contributed by atoms with Gasteiger partial charge in [0.05, 0.1) is 12.6 Å². The molecule has 112 valence electrons. The fourth-order valence-corrected chi connectivity index (χ4v) is 4.75. The van der Waals surface area contributed by atoms with E-state index in [1.165, 1.54) is 0 Å². The van der Waals surface area contributed by atoms with E-state index in [1.807, 2.05) is 13.7 Å². The molecular weight excluding hydrogens is 289 g/mol.